The Morgan fingerprint density at radius 2 is 2.14 bits per heavy atom. The second-order valence-corrected chi connectivity index (χ2v) is 4.87. The van der Waals surface area contributed by atoms with Gasteiger partial charge in [0.15, 0.2) is 11.5 Å². The van der Waals surface area contributed by atoms with Gasteiger partial charge in [0.05, 0.1) is 45.5 Å². The summed E-state index contributed by atoms with van der Waals surface area (Å²) in [5.41, 5.74) is 0.346. The number of carbonyl (C=O) groups excluding carboxylic acids is 1. The van der Waals surface area contributed by atoms with E-state index in [9.17, 15) is 9.59 Å². The van der Waals surface area contributed by atoms with Crippen LogP contribution in [0, 0.1) is 0 Å². The number of amides is 1. The normalized spacial score (nSPS) is 17.9. The van der Waals surface area contributed by atoms with Crippen LogP contribution < -0.4 is 9.47 Å². The van der Waals surface area contributed by atoms with Crippen molar-refractivity contribution in [1.29, 1.82) is 0 Å². The summed E-state index contributed by atoms with van der Waals surface area (Å²) in [6.45, 7) is 0.940. The number of nitrogens with zero attached hydrogens (tertiary/aromatic N) is 1. The third-order valence-electron chi connectivity index (χ3n) is 3.53. The van der Waals surface area contributed by atoms with Crippen molar-refractivity contribution in [2.75, 3.05) is 34.0 Å². The maximum Gasteiger partial charge on any atom is 0.305 e. The van der Waals surface area contributed by atoms with Crippen molar-refractivity contribution in [3.05, 3.63) is 23.8 Å². The third-order valence-corrected chi connectivity index (χ3v) is 3.53. The van der Waals surface area contributed by atoms with E-state index in [0.29, 0.717) is 30.2 Å². The number of benzene rings is 1. The van der Waals surface area contributed by atoms with Crippen molar-refractivity contribution in [1.82, 2.24) is 4.90 Å². The first kappa shape index (κ1) is 16.1. The number of morpholine rings is 1. The van der Waals surface area contributed by atoms with Crippen LogP contribution in [0.15, 0.2) is 18.2 Å². The van der Waals surface area contributed by atoms with Gasteiger partial charge in [-0.05, 0) is 12.1 Å². The lowest BCUT2D eigenvalue weighted by molar-refractivity contribution is -0.139. The lowest BCUT2D eigenvalue weighted by atomic mass is 10.1. The summed E-state index contributed by atoms with van der Waals surface area (Å²) in [4.78, 5) is 25.3. The molecule has 0 aliphatic carbocycles. The van der Waals surface area contributed by atoms with Crippen LogP contribution in [-0.2, 0) is 9.53 Å². The van der Waals surface area contributed by atoms with Crippen LogP contribution in [0.2, 0.25) is 0 Å². The molecular formula is C15H19NO6. The number of carbonyl (C=O) groups is 2. The second kappa shape index (κ2) is 7.13. The fourth-order valence-electron chi connectivity index (χ4n) is 2.50. The first-order valence-corrected chi connectivity index (χ1v) is 6.90. The molecule has 0 aromatic heterocycles. The Hall–Kier alpha value is -2.28. The van der Waals surface area contributed by atoms with Gasteiger partial charge in [-0.25, -0.2) is 0 Å². The molecule has 1 fully saturated rings. The third kappa shape index (κ3) is 3.30. The van der Waals surface area contributed by atoms with Crippen molar-refractivity contribution in [2.45, 2.75) is 12.5 Å². The van der Waals surface area contributed by atoms with E-state index in [2.05, 4.69) is 0 Å². The molecule has 1 aromatic rings. The van der Waals surface area contributed by atoms with Crippen molar-refractivity contribution < 1.29 is 28.9 Å². The van der Waals surface area contributed by atoms with Gasteiger partial charge in [-0.3, -0.25) is 9.59 Å². The Labute approximate surface area is 128 Å². The molecule has 0 bridgehead atoms. The molecule has 2 rings (SSSR count). The van der Waals surface area contributed by atoms with Crippen molar-refractivity contribution in [2.24, 2.45) is 0 Å². The van der Waals surface area contributed by atoms with Gasteiger partial charge < -0.3 is 24.2 Å². The van der Waals surface area contributed by atoms with Gasteiger partial charge in [-0.15, -0.1) is 0 Å². The number of methoxy groups -OCH3 is 2. The van der Waals surface area contributed by atoms with Crippen LogP contribution in [-0.4, -0.2) is 61.9 Å². The minimum atomic E-state index is -0.967. The SMILES string of the molecule is COc1cccc(C(=O)N2CCOCC2CC(=O)O)c1OC. The summed E-state index contributed by atoms with van der Waals surface area (Å²) in [7, 11) is 2.96. The maximum atomic E-state index is 12.8. The summed E-state index contributed by atoms with van der Waals surface area (Å²) in [6.07, 6.45) is -0.155. The highest BCUT2D eigenvalue weighted by Gasteiger charge is 2.31. The van der Waals surface area contributed by atoms with Gasteiger partial charge in [-0.2, -0.15) is 0 Å². The molecule has 1 unspecified atom stereocenters. The Kier molecular flexibility index (Phi) is 5.21. The Morgan fingerprint density at radius 1 is 1.36 bits per heavy atom. The summed E-state index contributed by atoms with van der Waals surface area (Å²) in [6, 6.07) is 4.54. The average Bonchev–Trinajstić information content (AvgIpc) is 2.53. The van der Waals surface area contributed by atoms with Crippen molar-refractivity contribution in [3.8, 4) is 11.5 Å². The lowest BCUT2D eigenvalue weighted by Gasteiger charge is -2.35. The molecule has 0 radical (unpaired) electrons. The fraction of sp³-hybridized carbons (Fsp3) is 0.467. The molecule has 1 aliphatic heterocycles. The largest absolute Gasteiger partial charge is 0.493 e. The van der Waals surface area contributed by atoms with Crippen molar-refractivity contribution >= 4 is 11.9 Å². The molecule has 1 amide bonds. The van der Waals surface area contributed by atoms with Gasteiger partial charge >= 0.3 is 5.97 Å². The quantitative estimate of drug-likeness (QED) is 0.874. The topological polar surface area (TPSA) is 85.3 Å². The van der Waals surface area contributed by atoms with Gasteiger partial charge in [0.2, 0.25) is 0 Å². The number of para-hydroxylation sites is 1. The van der Waals surface area contributed by atoms with E-state index in [0.717, 1.165) is 0 Å². The maximum absolute atomic E-state index is 12.8. The minimum Gasteiger partial charge on any atom is -0.493 e. The highest BCUT2D eigenvalue weighted by molar-refractivity contribution is 5.98. The zero-order valence-electron chi connectivity index (χ0n) is 12.6. The molecule has 1 N–H and O–H groups in total. The molecule has 0 saturated carbocycles. The molecule has 22 heavy (non-hydrogen) atoms. The number of carboxylic acid groups (broad SMARTS) is 1. The molecule has 0 spiro atoms. The zero-order chi connectivity index (χ0) is 16.1. The Bertz CT molecular complexity index is 559. The summed E-state index contributed by atoms with van der Waals surface area (Å²) < 4.78 is 15.8. The number of hydrogen-bond donors (Lipinski definition) is 1. The first-order valence-electron chi connectivity index (χ1n) is 6.90. The molecular weight excluding hydrogens is 290 g/mol. The van der Waals surface area contributed by atoms with Crippen LogP contribution in [0.3, 0.4) is 0 Å². The van der Waals surface area contributed by atoms with E-state index < -0.39 is 12.0 Å². The zero-order valence-corrected chi connectivity index (χ0v) is 12.6. The minimum absolute atomic E-state index is 0.155. The monoisotopic (exact) mass is 309 g/mol. The Morgan fingerprint density at radius 3 is 2.77 bits per heavy atom. The van der Waals surface area contributed by atoms with Crippen LogP contribution in [0.4, 0.5) is 0 Å². The average molecular weight is 309 g/mol. The molecule has 1 aliphatic rings. The van der Waals surface area contributed by atoms with Crippen molar-refractivity contribution in [3.63, 3.8) is 0 Å². The van der Waals surface area contributed by atoms with E-state index in [1.165, 1.54) is 19.1 Å². The van der Waals surface area contributed by atoms with Gasteiger partial charge in [0, 0.05) is 6.54 Å². The predicted octanol–water partition coefficient (Wildman–Crippen LogP) is 1.02. The summed E-state index contributed by atoms with van der Waals surface area (Å²) in [5.74, 6) is -0.455. The fourth-order valence-corrected chi connectivity index (χ4v) is 2.50. The van der Waals surface area contributed by atoms with Gasteiger partial charge in [0.25, 0.3) is 5.91 Å². The number of hydrogen-bond acceptors (Lipinski definition) is 5. The highest BCUT2D eigenvalue weighted by Crippen LogP contribution is 2.32. The van der Waals surface area contributed by atoms with E-state index in [-0.39, 0.29) is 18.9 Å². The molecule has 1 saturated heterocycles. The summed E-state index contributed by atoms with van der Waals surface area (Å²) >= 11 is 0. The second-order valence-electron chi connectivity index (χ2n) is 4.87. The van der Waals surface area contributed by atoms with E-state index in [1.807, 2.05) is 0 Å². The summed E-state index contributed by atoms with van der Waals surface area (Å²) in [5, 5.41) is 8.98. The number of rotatable bonds is 5. The van der Waals surface area contributed by atoms with Gasteiger partial charge in [0.1, 0.15) is 0 Å². The number of ether oxygens (including phenoxy) is 3. The number of aliphatic carboxylic acids is 1. The van der Waals surface area contributed by atoms with E-state index in [4.69, 9.17) is 19.3 Å². The molecule has 1 atom stereocenters. The predicted molar refractivity (Wildman–Crippen MR) is 77.4 cm³/mol. The lowest BCUT2D eigenvalue weighted by Crippen LogP contribution is -2.49. The standard InChI is InChI=1S/C15H19NO6/c1-20-12-5-3-4-11(14(12)21-2)15(19)16-6-7-22-9-10(16)8-13(17)18/h3-5,10H,6-9H2,1-2H3,(H,17,18). The smallest absolute Gasteiger partial charge is 0.305 e. The molecule has 1 heterocycles. The van der Waals surface area contributed by atoms with E-state index in [1.54, 1.807) is 18.2 Å². The molecule has 120 valence electrons. The van der Waals surface area contributed by atoms with E-state index >= 15 is 0 Å². The molecule has 7 nitrogen and oxygen atoms in total. The Balaban J connectivity index is 2.31. The first-order chi connectivity index (χ1) is 10.6. The molecule has 7 heteroatoms. The van der Waals surface area contributed by atoms with Crippen LogP contribution in [0.1, 0.15) is 16.8 Å². The van der Waals surface area contributed by atoms with Crippen LogP contribution in [0.25, 0.3) is 0 Å². The van der Waals surface area contributed by atoms with Crippen LogP contribution in [0.5, 0.6) is 11.5 Å². The number of carboxylic acids is 1. The highest BCUT2D eigenvalue weighted by atomic mass is 16.5. The molecule has 1 aromatic carbocycles. The van der Waals surface area contributed by atoms with Gasteiger partial charge in [-0.1, -0.05) is 6.07 Å². The van der Waals surface area contributed by atoms with Crippen LogP contribution >= 0.6 is 0 Å².